The molecule has 0 spiro atoms. The molecule has 152 valence electrons. The van der Waals surface area contributed by atoms with Crippen molar-refractivity contribution >= 4 is 17.4 Å². The summed E-state index contributed by atoms with van der Waals surface area (Å²) < 4.78 is 11.1. The Kier molecular flexibility index (Phi) is 5.43. The summed E-state index contributed by atoms with van der Waals surface area (Å²) in [6.07, 6.45) is 1.35. The molecule has 0 N–H and O–H groups in total. The minimum absolute atomic E-state index is 0.0283. The second-order valence-electron chi connectivity index (χ2n) is 7.73. The molecule has 29 heavy (non-hydrogen) atoms. The van der Waals surface area contributed by atoms with Crippen LogP contribution in [-0.2, 0) is 0 Å². The van der Waals surface area contributed by atoms with E-state index in [4.69, 9.17) is 9.47 Å². The van der Waals surface area contributed by atoms with E-state index in [0.29, 0.717) is 61.8 Å². The van der Waals surface area contributed by atoms with Crippen molar-refractivity contribution < 1.29 is 19.1 Å². The fraction of sp³-hybridized carbons (Fsp3) is 0.391. The number of ether oxygens (including phenoxy) is 2. The van der Waals surface area contributed by atoms with E-state index in [2.05, 4.69) is 0 Å². The van der Waals surface area contributed by atoms with Crippen LogP contribution in [0, 0.1) is 5.92 Å². The van der Waals surface area contributed by atoms with E-state index in [-0.39, 0.29) is 17.6 Å². The van der Waals surface area contributed by atoms with Crippen LogP contribution in [0.2, 0.25) is 0 Å². The maximum absolute atomic E-state index is 12.9. The van der Waals surface area contributed by atoms with Gasteiger partial charge in [-0.2, -0.15) is 0 Å². The van der Waals surface area contributed by atoms with Crippen LogP contribution < -0.4 is 14.4 Å². The number of ketones is 1. The van der Waals surface area contributed by atoms with E-state index in [1.54, 1.807) is 18.2 Å². The number of likely N-dealkylation sites (tertiary alicyclic amines) is 1. The predicted molar refractivity (Wildman–Crippen MR) is 111 cm³/mol. The largest absolute Gasteiger partial charge is 0.486 e. The van der Waals surface area contributed by atoms with Gasteiger partial charge in [0.05, 0.1) is 0 Å². The highest BCUT2D eigenvalue weighted by Gasteiger charge is 2.29. The second-order valence-corrected chi connectivity index (χ2v) is 7.73. The quantitative estimate of drug-likeness (QED) is 0.745. The number of fused-ring (bicyclic) bond motifs is 1. The van der Waals surface area contributed by atoms with Gasteiger partial charge in [-0.1, -0.05) is 0 Å². The molecule has 0 aromatic heterocycles. The lowest BCUT2D eigenvalue weighted by atomic mass is 9.88. The Labute approximate surface area is 171 Å². The Morgan fingerprint density at radius 3 is 2.17 bits per heavy atom. The maximum Gasteiger partial charge on any atom is 0.253 e. The first-order valence-electron chi connectivity index (χ1n) is 10.0. The van der Waals surface area contributed by atoms with Gasteiger partial charge in [0.1, 0.15) is 13.2 Å². The lowest BCUT2D eigenvalue weighted by Gasteiger charge is -2.31. The van der Waals surface area contributed by atoms with Gasteiger partial charge in [0.25, 0.3) is 5.91 Å². The van der Waals surface area contributed by atoms with Gasteiger partial charge in [0.2, 0.25) is 0 Å². The van der Waals surface area contributed by atoms with Gasteiger partial charge in [-0.15, -0.1) is 0 Å². The minimum atomic E-state index is -0.0716. The van der Waals surface area contributed by atoms with Gasteiger partial charge >= 0.3 is 0 Å². The summed E-state index contributed by atoms with van der Waals surface area (Å²) in [5.41, 5.74) is 2.40. The van der Waals surface area contributed by atoms with Gasteiger partial charge in [0.15, 0.2) is 17.3 Å². The maximum atomic E-state index is 12.9. The summed E-state index contributed by atoms with van der Waals surface area (Å²) >= 11 is 0. The standard InChI is InChI=1S/C23H26N2O4/c1-24(2)19-6-3-17(4-7-19)23(27)25-11-9-16(10-12-25)22(26)18-5-8-20-21(15-18)29-14-13-28-20/h3-8,15-16H,9-14H2,1-2H3. The molecule has 0 aliphatic carbocycles. The summed E-state index contributed by atoms with van der Waals surface area (Å²) in [6, 6.07) is 13.0. The van der Waals surface area contributed by atoms with E-state index in [1.165, 1.54) is 0 Å². The molecule has 0 atom stereocenters. The molecule has 2 aromatic rings. The number of benzene rings is 2. The number of piperidine rings is 1. The van der Waals surface area contributed by atoms with Crippen LogP contribution >= 0.6 is 0 Å². The molecular formula is C23H26N2O4. The monoisotopic (exact) mass is 394 g/mol. The van der Waals surface area contributed by atoms with Crippen molar-refractivity contribution in [1.82, 2.24) is 4.90 Å². The van der Waals surface area contributed by atoms with Crippen molar-refractivity contribution in [3.8, 4) is 11.5 Å². The smallest absolute Gasteiger partial charge is 0.253 e. The number of nitrogens with zero attached hydrogens (tertiary/aromatic N) is 2. The molecule has 1 amide bonds. The van der Waals surface area contributed by atoms with Crippen molar-refractivity contribution in [3.63, 3.8) is 0 Å². The van der Waals surface area contributed by atoms with Crippen molar-refractivity contribution in [2.24, 2.45) is 5.92 Å². The van der Waals surface area contributed by atoms with Gasteiger partial charge in [-0.3, -0.25) is 9.59 Å². The summed E-state index contributed by atoms with van der Waals surface area (Å²) in [5.74, 6) is 1.40. The average molecular weight is 394 g/mol. The van der Waals surface area contributed by atoms with Crippen LogP contribution in [0.15, 0.2) is 42.5 Å². The lowest BCUT2D eigenvalue weighted by Crippen LogP contribution is -2.40. The second kappa shape index (κ2) is 8.15. The van der Waals surface area contributed by atoms with Crippen molar-refractivity contribution in [3.05, 3.63) is 53.6 Å². The van der Waals surface area contributed by atoms with Gasteiger partial charge in [0, 0.05) is 49.9 Å². The zero-order chi connectivity index (χ0) is 20.4. The highest BCUT2D eigenvalue weighted by Crippen LogP contribution is 2.32. The van der Waals surface area contributed by atoms with Crippen LogP contribution in [0.1, 0.15) is 33.6 Å². The van der Waals surface area contributed by atoms with Crippen molar-refractivity contribution in [2.45, 2.75) is 12.8 Å². The van der Waals surface area contributed by atoms with Crippen LogP contribution in [0.25, 0.3) is 0 Å². The highest BCUT2D eigenvalue weighted by molar-refractivity contribution is 5.99. The number of hydrogen-bond donors (Lipinski definition) is 0. The van der Waals surface area contributed by atoms with Crippen LogP contribution in [0.5, 0.6) is 11.5 Å². The summed E-state index contributed by atoms with van der Waals surface area (Å²) in [5, 5.41) is 0. The number of anilines is 1. The van der Waals surface area contributed by atoms with Crippen LogP contribution in [-0.4, -0.2) is 57.0 Å². The zero-order valence-corrected chi connectivity index (χ0v) is 16.9. The number of amides is 1. The molecule has 0 unspecified atom stereocenters. The molecule has 6 nitrogen and oxygen atoms in total. The van der Waals surface area contributed by atoms with Gasteiger partial charge in [-0.05, 0) is 55.3 Å². The third kappa shape index (κ3) is 4.06. The number of hydrogen-bond acceptors (Lipinski definition) is 5. The van der Waals surface area contributed by atoms with E-state index in [9.17, 15) is 9.59 Å². The van der Waals surface area contributed by atoms with Crippen LogP contribution in [0.4, 0.5) is 5.69 Å². The molecule has 1 fully saturated rings. The van der Waals surface area contributed by atoms with Gasteiger partial charge < -0.3 is 19.3 Å². The normalized spacial score (nSPS) is 16.4. The molecule has 4 rings (SSSR count). The Balaban J connectivity index is 1.37. The van der Waals surface area contributed by atoms with E-state index in [0.717, 1.165) is 5.69 Å². The molecule has 2 aliphatic rings. The third-order valence-electron chi connectivity index (χ3n) is 5.61. The summed E-state index contributed by atoms with van der Waals surface area (Å²) in [6.45, 7) is 2.22. The first-order valence-corrected chi connectivity index (χ1v) is 10.0. The Morgan fingerprint density at radius 1 is 0.897 bits per heavy atom. The summed E-state index contributed by atoms with van der Waals surface area (Å²) in [7, 11) is 3.95. The Bertz CT molecular complexity index is 900. The number of carbonyl (C=O) groups is 2. The molecule has 2 aromatic carbocycles. The third-order valence-corrected chi connectivity index (χ3v) is 5.61. The highest BCUT2D eigenvalue weighted by atomic mass is 16.6. The molecular weight excluding hydrogens is 368 g/mol. The number of rotatable bonds is 4. The topological polar surface area (TPSA) is 59.1 Å². The molecule has 2 heterocycles. The Morgan fingerprint density at radius 2 is 1.52 bits per heavy atom. The zero-order valence-electron chi connectivity index (χ0n) is 16.9. The van der Waals surface area contributed by atoms with Crippen molar-refractivity contribution in [1.29, 1.82) is 0 Å². The predicted octanol–water partition coefficient (Wildman–Crippen LogP) is 3.26. The minimum Gasteiger partial charge on any atom is -0.486 e. The molecule has 0 saturated carbocycles. The molecule has 0 radical (unpaired) electrons. The van der Waals surface area contributed by atoms with E-state index in [1.807, 2.05) is 48.2 Å². The fourth-order valence-corrected chi connectivity index (χ4v) is 3.86. The van der Waals surface area contributed by atoms with Crippen LogP contribution in [0.3, 0.4) is 0 Å². The first kappa shape index (κ1) is 19.3. The lowest BCUT2D eigenvalue weighted by molar-refractivity contribution is 0.0650. The number of Topliss-reactive ketones (excluding diaryl/α,β-unsaturated/α-hetero) is 1. The molecule has 2 aliphatic heterocycles. The first-order chi connectivity index (χ1) is 14.0. The molecule has 1 saturated heterocycles. The van der Waals surface area contributed by atoms with E-state index < -0.39 is 0 Å². The van der Waals surface area contributed by atoms with Gasteiger partial charge in [-0.25, -0.2) is 0 Å². The molecule has 6 heteroatoms. The van der Waals surface area contributed by atoms with E-state index >= 15 is 0 Å². The fourth-order valence-electron chi connectivity index (χ4n) is 3.86. The SMILES string of the molecule is CN(C)c1ccc(C(=O)N2CCC(C(=O)c3ccc4c(c3)OCCO4)CC2)cc1. The average Bonchev–Trinajstić information content (AvgIpc) is 2.78. The van der Waals surface area contributed by atoms with Crippen molar-refractivity contribution in [2.75, 3.05) is 45.3 Å². The Hall–Kier alpha value is -3.02. The number of carbonyl (C=O) groups excluding carboxylic acids is 2. The molecule has 0 bridgehead atoms. The summed E-state index contributed by atoms with van der Waals surface area (Å²) in [4.78, 5) is 29.6.